The predicted molar refractivity (Wildman–Crippen MR) is 81.6 cm³/mol. The van der Waals surface area contributed by atoms with Crippen molar-refractivity contribution >= 4 is 5.95 Å². The van der Waals surface area contributed by atoms with Crippen LogP contribution in [0.15, 0.2) is 61.2 Å². The van der Waals surface area contributed by atoms with E-state index in [0.29, 0.717) is 13.1 Å². The largest absolute Gasteiger partial charge is 0.330 e. The molecule has 21 heavy (non-hydrogen) atoms. The number of rotatable bonds is 5. The number of aryl methyl sites for hydroxylation is 1. The second-order valence-electron chi connectivity index (χ2n) is 4.84. The molecule has 0 atom stereocenters. The van der Waals surface area contributed by atoms with Gasteiger partial charge in [0.05, 0.1) is 24.5 Å². The number of nitrogens with zero attached hydrogens (tertiary/aromatic N) is 5. The average molecular weight is 279 g/mol. The minimum Gasteiger partial charge on any atom is -0.330 e. The molecule has 3 aromatic heterocycles. The first-order chi connectivity index (χ1) is 10.3. The van der Waals surface area contributed by atoms with Crippen molar-refractivity contribution in [3.05, 3.63) is 72.6 Å². The lowest BCUT2D eigenvalue weighted by Gasteiger charge is -2.23. The van der Waals surface area contributed by atoms with E-state index in [9.17, 15) is 0 Å². The summed E-state index contributed by atoms with van der Waals surface area (Å²) in [7, 11) is 1.99. The number of hydrogen-bond donors (Lipinski definition) is 0. The highest BCUT2D eigenvalue weighted by molar-refractivity contribution is 5.33. The molecule has 0 aromatic carbocycles. The van der Waals surface area contributed by atoms with Gasteiger partial charge in [-0.1, -0.05) is 12.1 Å². The molecule has 0 spiro atoms. The normalized spacial score (nSPS) is 10.5. The smallest absolute Gasteiger partial charge is 0.205 e. The van der Waals surface area contributed by atoms with E-state index in [1.807, 2.05) is 66.6 Å². The fourth-order valence-electron chi connectivity index (χ4n) is 2.23. The molecule has 0 aliphatic rings. The molecular weight excluding hydrogens is 262 g/mol. The van der Waals surface area contributed by atoms with Crippen LogP contribution in [0.3, 0.4) is 0 Å². The Bertz CT molecular complexity index is 637. The van der Waals surface area contributed by atoms with Crippen LogP contribution < -0.4 is 4.90 Å². The van der Waals surface area contributed by atoms with Gasteiger partial charge < -0.3 is 9.47 Å². The van der Waals surface area contributed by atoms with Crippen molar-refractivity contribution in [3.8, 4) is 0 Å². The molecule has 0 N–H and O–H groups in total. The van der Waals surface area contributed by atoms with Gasteiger partial charge in [-0.15, -0.1) is 0 Å². The maximum atomic E-state index is 4.44. The molecule has 0 aliphatic heterocycles. The van der Waals surface area contributed by atoms with E-state index in [1.165, 1.54) is 0 Å². The van der Waals surface area contributed by atoms with E-state index >= 15 is 0 Å². The Morgan fingerprint density at radius 3 is 1.90 bits per heavy atom. The third-order valence-electron chi connectivity index (χ3n) is 3.24. The monoisotopic (exact) mass is 279 g/mol. The first-order valence-electron chi connectivity index (χ1n) is 6.85. The van der Waals surface area contributed by atoms with Gasteiger partial charge in [0, 0.05) is 31.8 Å². The summed E-state index contributed by atoms with van der Waals surface area (Å²) in [6, 6.07) is 11.9. The highest BCUT2D eigenvalue weighted by atomic mass is 15.3. The maximum Gasteiger partial charge on any atom is 0.205 e. The fraction of sp³-hybridized carbons (Fsp3) is 0.188. The number of aromatic nitrogens is 4. The third-order valence-corrected chi connectivity index (χ3v) is 3.24. The molecule has 3 rings (SSSR count). The summed E-state index contributed by atoms with van der Waals surface area (Å²) in [6.07, 6.45) is 7.37. The Morgan fingerprint density at radius 1 is 0.857 bits per heavy atom. The van der Waals surface area contributed by atoms with Crippen LogP contribution in [0, 0.1) is 0 Å². The van der Waals surface area contributed by atoms with Gasteiger partial charge in [-0.2, -0.15) is 0 Å². The van der Waals surface area contributed by atoms with Crippen molar-refractivity contribution in [1.82, 2.24) is 19.5 Å². The molecule has 3 heterocycles. The van der Waals surface area contributed by atoms with E-state index in [2.05, 4.69) is 19.9 Å². The Balaban J connectivity index is 1.86. The summed E-state index contributed by atoms with van der Waals surface area (Å²) in [5.41, 5.74) is 2.02. The second-order valence-corrected chi connectivity index (χ2v) is 4.84. The molecule has 0 saturated heterocycles. The van der Waals surface area contributed by atoms with Crippen LogP contribution in [0.5, 0.6) is 0 Å². The topological polar surface area (TPSA) is 46.8 Å². The quantitative estimate of drug-likeness (QED) is 0.719. The number of anilines is 1. The molecule has 0 unspecified atom stereocenters. The Hall–Kier alpha value is -2.69. The van der Waals surface area contributed by atoms with Gasteiger partial charge in [0.1, 0.15) is 0 Å². The molecule has 0 bridgehead atoms. The average Bonchev–Trinajstić information content (AvgIpc) is 2.95. The summed E-state index contributed by atoms with van der Waals surface area (Å²) >= 11 is 0. The highest BCUT2D eigenvalue weighted by Gasteiger charge is 2.13. The van der Waals surface area contributed by atoms with Crippen molar-refractivity contribution < 1.29 is 0 Å². The van der Waals surface area contributed by atoms with Gasteiger partial charge >= 0.3 is 0 Å². The molecule has 0 amide bonds. The number of hydrogen-bond acceptors (Lipinski definition) is 4. The van der Waals surface area contributed by atoms with Crippen LogP contribution >= 0.6 is 0 Å². The molecule has 5 nitrogen and oxygen atoms in total. The van der Waals surface area contributed by atoms with E-state index in [-0.39, 0.29) is 0 Å². The first-order valence-corrected chi connectivity index (χ1v) is 6.85. The van der Waals surface area contributed by atoms with Crippen molar-refractivity contribution in [2.75, 3.05) is 4.90 Å². The summed E-state index contributed by atoms with van der Waals surface area (Å²) < 4.78 is 2.01. The second kappa shape index (κ2) is 6.17. The molecule has 3 aromatic rings. The van der Waals surface area contributed by atoms with E-state index < -0.39 is 0 Å². The zero-order valence-electron chi connectivity index (χ0n) is 11.9. The molecule has 0 fully saturated rings. The van der Waals surface area contributed by atoms with Crippen LogP contribution in [-0.2, 0) is 20.1 Å². The van der Waals surface area contributed by atoms with Crippen molar-refractivity contribution in [3.63, 3.8) is 0 Å². The third kappa shape index (κ3) is 3.25. The summed E-state index contributed by atoms with van der Waals surface area (Å²) in [4.78, 5) is 15.4. The minimum atomic E-state index is 0.697. The van der Waals surface area contributed by atoms with Crippen LogP contribution in [-0.4, -0.2) is 19.5 Å². The van der Waals surface area contributed by atoms with Gasteiger partial charge in [-0.05, 0) is 24.3 Å². The maximum absolute atomic E-state index is 4.44. The van der Waals surface area contributed by atoms with Crippen molar-refractivity contribution in [1.29, 1.82) is 0 Å². The minimum absolute atomic E-state index is 0.697. The van der Waals surface area contributed by atoms with Crippen molar-refractivity contribution in [2.24, 2.45) is 7.05 Å². The van der Waals surface area contributed by atoms with Gasteiger partial charge in [-0.3, -0.25) is 9.97 Å². The van der Waals surface area contributed by atoms with Gasteiger partial charge in [0.25, 0.3) is 0 Å². The lowest BCUT2D eigenvalue weighted by molar-refractivity contribution is 0.710. The van der Waals surface area contributed by atoms with E-state index in [0.717, 1.165) is 17.3 Å². The summed E-state index contributed by atoms with van der Waals surface area (Å²) in [5, 5.41) is 0. The lowest BCUT2D eigenvalue weighted by Crippen LogP contribution is -2.25. The van der Waals surface area contributed by atoms with Crippen LogP contribution in [0.25, 0.3) is 0 Å². The Morgan fingerprint density at radius 2 is 1.48 bits per heavy atom. The molecule has 106 valence electrons. The predicted octanol–water partition coefficient (Wildman–Crippen LogP) is 2.42. The number of pyridine rings is 2. The standard InChI is InChI=1S/C16H17N5/c1-20-11-10-19-16(20)21(12-14-6-2-4-8-17-14)13-15-7-3-5-9-18-15/h2-11H,12-13H2,1H3. The Kier molecular flexibility index (Phi) is 3.91. The van der Waals surface area contributed by atoms with Crippen LogP contribution in [0.1, 0.15) is 11.4 Å². The number of imidazole rings is 1. The van der Waals surface area contributed by atoms with E-state index in [1.54, 1.807) is 6.20 Å². The SMILES string of the molecule is Cn1ccnc1N(Cc1ccccn1)Cc1ccccn1. The first kappa shape index (κ1) is 13.3. The van der Waals surface area contributed by atoms with E-state index in [4.69, 9.17) is 0 Å². The summed E-state index contributed by atoms with van der Waals surface area (Å²) in [5.74, 6) is 0.909. The fourth-order valence-corrected chi connectivity index (χ4v) is 2.23. The molecule has 0 aliphatic carbocycles. The van der Waals surface area contributed by atoms with Gasteiger partial charge in [-0.25, -0.2) is 4.98 Å². The lowest BCUT2D eigenvalue weighted by atomic mass is 10.3. The molecule has 0 saturated carbocycles. The molecule has 0 radical (unpaired) electrons. The Labute approximate surface area is 123 Å². The molecule has 5 heteroatoms. The zero-order valence-corrected chi connectivity index (χ0v) is 11.9. The highest BCUT2D eigenvalue weighted by Crippen LogP contribution is 2.16. The van der Waals surface area contributed by atoms with Crippen LogP contribution in [0.4, 0.5) is 5.95 Å². The molecular formula is C16H17N5. The van der Waals surface area contributed by atoms with Gasteiger partial charge in [0.2, 0.25) is 5.95 Å². The van der Waals surface area contributed by atoms with Gasteiger partial charge in [0.15, 0.2) is 0 Å². The van der Waals surface area contributed by atoms with Crippen molar-refractivity contribution in [2.45, 2.75) is 13.1 Å². The van der Waals surface area contributed by atoms with Crippen LogP contribution in [0.2, 0.25) is 0 Å². The zero-order chi connectivity index (χ0) is 14.5. The summed E-state index contributed by atoms with van der Waals surface area (Å²) in [6.45, 7) is 1.39.